The van der Waals surface area contributed by atoms with E-state index in [1.807, 2.05) is 30.5 Å². The van der Waals surface area contributed by atoms with Crippen molar-refractivity contribution in [1.82, 2.24) is 14.8 Å². The minimum atomic E-state index is -0.947. The Morgan fingerprint density at radius 3 is 2.62 bits per heavy atom. The molecule has 29 heavy (non-hydrogen) atoms. The van der Waals surface area contributed by atoms with Crippen LogP contribution in [0.25, 0.3) is 0 Å². The number of ketones is 1. The number of nitrogens with zero attached hydrogens (tertiary/aromatic N) is 2. The molecule has 7 nitrogen and oxygen atoms in total. The number of rotatable bonds is 8. The van der Waals surface area contributed by atoms with Gasteiger partial charge in [-0.15, -0.1) is 0 Å². The van der Waals surface area contributed by atoms with Crippen molar-refractivity contribution in [3.63, 3.8) is 0 Å². The van der Waals surface area contributed by atoms with Gasteiger partial charge in [0.2, 0.25) is 0 Å². The normalized spacial score (nSPS) is 19.3. The SMILES string of the molecule is Cc1cc(C(=O)CN2C(=O)NC(C)(CCC(C)C)C2=O)c(C)n1Cc1ccco1. The molecule has 1 aliphatic heterocycles. The number of amides is 3. The Bertz CT molecular complexity index is 926. The molecule has 3 rings (SSSR count). The molecular formula is C22H29N3O4. The summed E-state index contributed by atoms with van der Waals surface area (Å²) in [5, 5.41) is 2.77. The first-order valence-electron chi connectivity index (χ1n) is 9.99. The van der Waals surface area contributed by atoms with Crippen LogP contribution in [-0.4, -0.2) is 39.3 Å². The largest absolute Gasteiger partial charge is 0.467 e. The molecule has 1 N–H and O–H groups in total. The molecule has 1 atom stereocenters. The van der Waals surface area contributed by atoms with Crippen LogP contribution in [0.3, 0.4) is 0 Å². The molecule has 1 fully saturated rings. The van der Waals surface area contributed by atoms with E-state index in [0.29, 0.717) is 24.4 Å². The van der Waals surface area contributed by atoms with Crippen LogP contribution in [-0.2, 0) is 11.3 Å². The first kappa shape index (κ1) is 20.9. The van der Waals surface area contributed by atoms with E-state index in [2.05, 4.69) is 19.2 Å². The molecule has 2 aromatic heterocycles. The Morgan fingerprint density at radius 1 is 1.28 bits per heavy atom. The smallest absolute Gasteiger partial charge is 0.325 e. The molecule has 0 aromatic carbocycles. The molecule has 3 heterocycles. The van der Waals surface area contributed by atoms with E-state index >= 15 is 0 Å². The minimum absolute atomic E-state index is 0.250. The number of carbonyl (C=O) groups is 3. The lowest BCUT2D eigenvalue weighted by Crippen LogP contribution is -2.44. The molecule has 7 heteroatoms. The lowest BCUT2D eigenvalue weighted by atomic mass is 9.92. The summed E-state index contributed by atoms with van der Waals surface area (Å²) in [4.78, 5) is 39.3. The van der Waals surface area contributed by atoms with E-state index < -0.39 is 11.6 Å². The van der Waals surface area contributed by atoms with Crippen LogP contribution in [0.2, 0.25) is 0 Å². The highest BCUT2D eigenvalue weighted by Crippen LogP contribution is 2.26. The van der Waals surface area contributed by atoms with Crippen molar-refractivity contribution in [3.05, 3.63) is 47.2 Å². The van der Waals surface area contributed by atoms with Gasteiger partial charge in [0.05, 0.1) is 19.4 Å². The van der Waals surface area contributed by atoms with E-state index in [0.717, 1.165) is 28.5 Å². The highest BCUT2D eigenvalue weighted by atomic mass is 16.3. The molecule has 156 valence electrons. The molecule has 1 unspecified atom stereocenters. The summed E-state index contributed by atoms with van der Waals surface area (Å²) in [7, 11) is 0. The number of hydrogen-bond donors (Lipinski definition) is 1. The van der Waals surface area contributed by atoms with Gasteiger partial charge < -0.3 is 14.3 Å². The summed E-state index contributed by atoms with van der Waals surface area (Å²) in [6, 6.07) is 5.01. The summed E-state index contributed by atoms with van der Waals surface area (Å²) in [5.41, 5.74) is 1.28. The van der Waals surface area contributed by atoms with Crippen molar-refractivity contribution in [2.24, 2.45) is 5.92 Å². The van der Waals surface area contributed by atoms with Crippen molar-refractivity contribution in [2.45, 2.75) is 59.5 Å². The second-order valence-corrected chi connectivity index (χ2v) is 8.46. The van der Waals surface area contributed by atoms with Gasteiger partial charge in [0.15, 0.2) is 5.78 Å². The fourth-order valence-corrected chi connectivity index (χ4v) is 3.75. The lowest BCUT2D eigenvalue weighted by molar-refractivity contribution is -0.130. The van der Waals surface area contributed by atoms with Crippen molar-refractivity contribution in [2.75, 3.05) is 6.54 Å². The number of carbonyl (C=O) groups excluding carboxylic acids is 3. The Balaban J connectivity index is 1.75. The zero-order chi connectivity index (χ0) is 21.3. The third-order valence-corrected chi connectivity index (χ3v) is 5.64. The molecule has 0 spiro atoms. The first-order valence-corrected chi connectivity index (χ1v) is 9.99. The molecule has 0 saturated carbocycles. The van der Waals surface area contributed by atoms with Crippen LogP contribution < -0.4 is 5.32 Å². The zero-order valence-corrected chi connectivity index (χ0v) is 17.7. The van der Waals surface area contributed by atoms with Gasteiger partial charge in [-0.1, -0.05) is 13.8 Å². The van der Waals surface area contributed by atoms with Gasteiger partial charge >= 0.3 is 6.03 Å². The van der Waals surface area contributed by atoms with E-state index in [1.165, 1.54) is 0 Å². The van der Waals surface area contributed by atoms with Crippen LogP contribution in [0.4, 0.5) is 4.79 Å². The van der Waals surface area contributed by atoms with Crippen molar-refractivity contribution in [1.29, 1.82) is 0 Å². The van der Waals surface area contributed by atoms with E-state index in [1.54, 1.807) is 19.3 Å². The molecule has 2 aromatic rings. The molecular weight excluding hydrogens is 370 g/mol. The summed E-state index contributed by atoms with van der Waals surface area (Å²) >= 11 is 0. The maximum absolute atomic E-state index is 12.9. The fraction of sp³-hybridized carbons (Fsp3) is 0.500. The van der Waals surface area contributed by atoms with E-state index in [4.69, 9.17) is 4.42 Å². The number of urea groups is 1. The van der Waals surface area contributed by atoms with Gasteiger partial charge in [-0.3, -0.25) is 14.5 Å². The predicted molar refractivity (Wildman–Crippen MR) is 109 cm³/mol. The van der Waals surface area contributed by atoms with Gasteiger partial charge in [-0.05, 0) is 57.7 Å². The number of aromatic nitrogens is 1. The predicted octanol–water partition coefficient (Wildman–Crippen LogP) is 3.68. The van der Waals surface area contributed by atoms with Crippen LogP contribution in [0.15, 0.2) is 28.9 Å². The zero-order valence-electron chi connectivity index (χ0n) is 17.7. The standard InChI is InChI=1S/C22H29N3O4/c1-14(2)8-9-22(5)20(27)25(21(28)23-22)13-19(26)18-11-15(3)24(16(18)4)12-17-7-6-10-29-17/h6-7,10-11,14H,8-9,12-13H2,1-5H3,(H,23,28). The average Bonchev–Trinajstić information content (AvgIpc) is 3.32. The summed E-state index contributed by atoms with van der Waals surface area (Å²) in [5.74, 6) is 0.633. The number of furan rings is 1. The highest BCUT2D eigenvalue weighted by Gasteiger charge is 2.48. The molecule has 0 radical (unpaired) electrons. The molecule has 0 bridgehead atoms. The number of nitrogens with one attached hydrogen (secondary N) is 1. The van der Waals surface area contributed by atoms with E-state index in [-0.39, 0.29) is 18.2 Å². The van der Waals surface area contributed by atoms with Gasteiger partial charge in [0.25, 0.3) is 5.91 Å². The van der Waals surface area contributed by atoms with Crippen LogP contribution >= 0.6 is 0 Å². The third-order valence-electron chi connectivity index (χ3n) is 5.64. The number of aryl methyl sites for hydroxylation is 1. The Hall–Kier alpha value is -2.83. The van der Waals surface area contributed by atoms with E-state index in [9.17, 15) is 14.4 Å². The third kappa shape index (κ3) is 4.13. The van der Waals surface area contributed by atoms with Crippen LogP contribution in [0.5, 0.6) is 0 Å². The van der Waals surface area contributed by atoms with Crippen molar-refractivity contribution >= 4 is 17.7 Å². The molecule has 1 saturated heterocycles. The molecule has 0 aliphatic carbocycles. The number of hydrogen-bond acceptors (Lipinski definition) is 4. The van der Waals surface area contributed by atoms with Crippen LogP contribution in [0, 0.1) is 19.8 Å². The topological polar surface area (TPSA) is 84.5 Å². The Labute approximate surface area is 171 Å². The lowest BCUT2D eigenvalue weighted by Gasteiger charge is -2.22. The van der Waals surface area contributed by atoms with Crippen molar-refractivity contribution < 1.29 is 18.8 Å². The van der Waals surface area contributed by atoms with Gasteiger partial charge in [-0.2, -0.15) is 0 Å². The van der Waals surface area contributed by atoms with Gasteiger partial charge in [0, 0.05) is 17.0 Å². The maximum Gasteiger partial charge on any atom is 0.325 e. The average molecular weight is 399 g/mol. The Kier molecular flexibility index (Phi) is 5.68. The summed E-state index contributed by atoms with van der Waals surface area (Å²) in [6.45, 7) is 9.93. The minimum Gasteiger partial charge on any atom is -0.467 e. The summed E-state index contributed by atoms with van der Waals surface area (Å²) < 4.78 is 7.39. The maximum atomic E-state index is 12.9. The summed E-state index contributed by atoms with van der Waals surface area (Å²) in [6.07, 6.45) is 2.99. The Morgan fingerprint density at radius 2 is 2.00 bits per heavy atom. The molecule has 3 amide bonds. The second kappa shape index (κ2) is 7.89. The quantitative estimate of drug-likeness (QED) is 0.542. The fourth-order valence-electron chi connectivity index (χ4n) is 3.75. The second-order valence-electron chi connectivity index (χ2n) is 8.46. The van der Waals surface area contributed by atoms with Crippen molar-refractivity contribution in [3.8, 4) is 0 Å². The monoisotopic (exact) mass is 399 g/mol. The van der Waals surface area contributed by atoms with Gasteiger partial charge in [-0.25, -0.2) is 4.79 Å². The first-order chi connectivity index (χ1) is 13.6. The number of imide groups is 1. The highest BCUT2D eigenvalue weighted by molar-refractivity contribution is 6.11. The van der Waals surface area contributed by atoms with Gasteiger partial charge in [0.1, 0.15) is 11.3 Å². The molecule has 1 aliphatic rings. The van der Waals surface area contributed by atoms with Crippen LogP contribution in [0.1, 0.15) is 61.1 Å². The number of Topliss-reactive ketones (excluding diaryl/α,β-unsaturated/α-hetero) is 1.